The summed E-state index contributed by atoms with van der Waals surface area (Å²) in [6, 6.07) is 21.3. The molecule has 0 spiro atoms. The van der Waals surface area contributed by atoms with Gasteiger partial charge >= 0.3 is 0 Å². The lowest BCUT2D eigenvalue weighted by molar-refractivity contribution is 0.111. The molecule has 0 bridgehead atoms. The second-order valence-corrected chi connectivity index (χ2v) is 6.38. The Hall–Kier alpha value is -1.84. The molecule has 2 N–H and O–H groups in total. The van der Waals surface area contributed by atoms with Crippen LogP contribution in [0.4, 0.5) is 5.69 Å². The van der Waals surface area contributed by atoms with Gasteiger partial charge in [0.1, 0.15) is 0 Å². The lowest BCUT2D eigenvalue weighted by atomic mass is 9.92. The molecule has 0 saturated carbocycles. The zero-order chi connectivity index (χ0) is 15.9. The van der Waals surface area contributed by atoms with Crippen LogP contribution in [0, 0.1) is 5.92 Å². The van der Waals surface area contributed by atoms with Crippen LogP contribution in [-0.2, 0) is 6.42 Å². The summed E-state index contributed by atoms with van der Waals surface area (Å²) < 4.78 is 0. The average Bonchev–Trinajstić information content (AvgIpc) is 2.62. The molecule has 2 aromatic rings. The molecular formula is C20H26N2O. The smallest absolute Gasteiger partial charge is 0.0491 e. The van der Waals surface area contributed by atoms with E-state index in [1.165, 1.54) is 5.56 Å². The van der Waals surface area contributed by atoms with Crippen LogP contribution >= 0.6 is 0 Å². The van der Waals surface area contributed by atoms with Crippen molar-refractivity contribution in [2.45, 2.75) is 18.9 Å². The molecule has 3 heteroatoms. The maximum atomic E-state index is 9.78. The molecular weight excluding hydrogens is 284 g/mol. The number of aliphatic hydroxyl groups excluding tert-OH is 1. The van der Waals surface area contributed by atoms with Crippen molar-refractivity contribution < 1.29 is 5.11 Å². The van der Waals surface area contributed by atoms with Crippen LogP contribution in [0.15, 0.2) is 60.7 Å². The Kier molecular flexibility index (Phi) is 5.67. The van der Waals surface area contributed by atoms with Gasteiger partial charge in [-0.2, -0.15) is 0 Å². The summed E-state index contributed by atoms with van der Waals surface area (Å²) in [4.78, 5) is 2.48. The number of likely N-dealkylation sites (tertiary alicyclic amines) is 1. The summed E-state index contributed by atoms with van der Waals surface area (Å²) >= 11 is 0. The Morgan fingerprint density at radius 3 is 2.39 bits per heavy atom. The molecule has 1 aliphatic heterocycles. The number of piperidine rings is 1. The molecule has 23 heavy (non-hydrogen) atoms. The van der Waals surface area contributed by atoms with Gasteiger partial charge in [-0.05, 0) is 30.5 Å². The predicted octanol–water partition coefficient (Wildman–Crippen LogP) is 3.02. The van der Waals surface area contributed by atoms with Crippen molar-refractivity contribution >= 4 is 5.69 Å². The van der Waals surface area contributed by atoms with E-state index < -0.39 is 0 Å². The molecule has 0 aromatic heterocycles. The second-order valence-electron chi connectivity index (χ2n) is 6.38. The third-order valence-corrected chi connectivity index (χ3v) is 4.74. The zero-order valence-electron chi connectivity index (χ0n) is 13.6. The molecule has 0 radical (unpaired) electrons. The molecule has 1 saturated heterocycles. The fourth-order valence-corrected chi connectivity index (χ4v) is 3.37. The maximum Gasteiger partial charge on any atom is 0.0491 e. The van der Waals surface area contributed by atoms with Gasteiger partial charge in [-0.15, -0.1) is 0 Å². The minimum atomic E-state index is 0.242. The van der Waals surface area contributed by atoms with E-state index in [9.17, 15) is 5.11 Å². The van der Waals surface area contributed by atoms with Crippen LogP contribution in [0.1, 0.15) is 12.0 Å². The molecule has 1 aliphatic rings. The van der Waals surface area contributed by atoms with Gasteiger partial charge in [0.05, 0.1) is 0 Å². The van der Waals surface area contributed by atoms with Crippen molar-refractivity contribution in [1.29, 1.82) is 0 Å². The van der Waals surface area contributed by atoms with E-state index in [-0.39, 0.29) is 6.61 Å². The first-order chi connectivity index (χ1) is 11.3. The van der Waals surface area contributed by atoms with Gasteiger partial charge in [0.15, 0.2) is 0 Å². The Morgan fingerprint density at radius 2 is 1.70 bits per heavy atom. The second kappa shape index (κ2) is 8.14. The fraction of sp³-hybridized carbons (Fsp3) is 0.400. The third kappa shape index (κ3) is 4.57. The summed E-state index contributed by atoms with van der Waals surface area (Å²) in [6.07, 6.45) is 2.16. The van der Waals surface area contributed by atoms with Crippen LogP contribution in [0.3, 0.4) is 0 Å². The zero-order valence-corrected chi connectivity index (χ0v) is 13.6. The fourth-order valence-electron chi connectivity index (χ4n) is 3.37. The normalized spacial score (nSPS) is 22.0. The SMILES string of the molecule is OC[C@@H]1CN(CCc2ccccc2)CCC1Nc1ccccc1. The molecule has 1 heterocycles. The summed E-state index contributed by atoms with van der Waals surface area (Å²) in [7, 11) is 0. The Bertz CT molecular complexity index is 573. The average molecular weight is 310 g/mol. The molecule has 3 nitrogen and oxygen atoms in total. The van der Waals surface area contributed by atoms with Gasteiger partial charge in [-0.25, -0.2) is 0 Å². The first kappa shape index (κ1) is 16.0. The lowest BCUT2D eigenvalue weighted by Crippen LogP contribution is -2.48. The highest BCUT2D eigenvalue weighted by atomic mass is 16.3. The summed E-state index contributed by atoms with van der Waals surface area (Å²) in [5, 5.41) is 13.4. The summed E-state index contributed by atoms with van der Waals surface area (Å²) in [6.45, 7) is 3.37. The van der Waals surface area contributed by atoms with Crippen LogP contribution in [0.25, 0.3) is 0 Å². The van der Waals surface area contributed by atoms with Gasteiger partial charge in [-0.1, -0.05) is 48.5 Å². The molecule has 0 amide bonds. The number of para-hydroxylation sites is 1. The quantitative estimate of drug-likeness (QED) is 0.861. The van der Waals surface area contributed by atoms with Gasteiger partial charge in [0.25, 0.3) is 0 Å². The van der Waals surface area contributed by atoms with Gasteiger partial charge < -0.3 is 15.3 Å². The number of aliphatic hydroxyl groups is 1. The van der Waals surface area contributed by atoms with Crippen molar-refractivity contribution in [3.05, 3.63) is 66.2 Å². The molecule has 0 aliphatic carbocycles. The molecule has 2 aromatic carbocycles. The van der Waals surface area contributed by atoms with Gasteiger partial charge in [-0.3, -0.25) is 0 Å². The topological polar surface area (TPSA) is 35.5 Å². The standard InChI is InChI=1S/C20H26N2O/c23-16-18-15-22(13-11-17-7-3-1-4-8-17)14-12-20(18)21-19-9-5-2-6-10-19/h1-10,18,20-21,23H,11-16H2/t18-,20?/m0/s1. The number of hydrogen-bond donors (Lipinski definition) is 2. The Labute approximate surface area is 139 Å². The minimum absolute atomic E-state index is 0.242. The lowest BCUT2D eigenvalue weighted by Gasteiger charge is -2.38. The number of rotatable bonds is 6. The first-order valence-electron chi connectivity index (χ1n) is 8.54. The number of anilines is 1. The van der Waals surface area contributed by atoms with E-state index >= 15 is 0 Å². The van der Waals surface area contributed by atoms with Crippen LogP contribution in [-0.4, -0.2) is 42.3 Å². The van der Waals surface area contributed by atoms with Crippen molar-refractivity contribution in [3.8, 4) is 0 Å². The highest BCUT2D eigenvalue weighted by Gasteiger charge is 2.28. The van der Waals surface area contributed by atoms with E-state index in [1.54, 1.807) is 0 Å². The highest BCUT2D eigenvalue weighted by Crippen LogP contribution is 2.21. The Balaban J connectivity index is 1.52. The van der Waals surface area contributed by atoms with E-state index in [2.05, 4.69) is 52.7 Å². The van der Waals surface area contributed by atoms with Crippen molar-refractivity contribution in [3.63, 3.8) is 0 Å². The number of hydrogen-bond acceptors (Lipinski definition) is 3. The molecule has 1 fully saturated rings. The predicted molar refractivity (Wildman–Crippen MR) is 95.6 cm³/mol. The molecule has 2 atom stereocenters. The van der Waals surface area contributed by atoms with Crippen molar-refractivity contribution in [2.24, 2.45) is 5.92 Å². The summed E-state index contributed by atoms with van der Waals surface area (Å²) in [5.74, 6) is 0.291. The highest BCUT2D eigenvalue weighted by molar-refractivity contribution is 5.43. The van der Waals surface area contributed by atoms with E-state index in [1.807, 2.05) is 18.2 Å². The van der Waals surface area contributed by atoms with Gasteiger partial charge in [0.2, 0.25) is 0 Å². The minimum Gasteiger partial charge on any atom is -0.396 e. The van der Waals surface area contributed by atoms with Crippen LogP contribution < -0.4 is 5.32 Å². The maximum absolute atomic E-state index is 9.78. The van der Waals surface area contributed by atoms with Crippen LogP contribution in [0.5, 0.6) is 0 Å². The third-order valence-electron chi connectivity index (χ3n) is 4.74. The van der Waals surface area contributed by atoms with Crippen molar-refractivity contribution in [2.75, 3.05) is 31.6 Å². The number of nitrogens with zero attached hydrogens (tertiary/aromatic N) is 1. The number of benzene rings is 2. The number of nitrogens with one attached hydrogen (secondary N) is 1. The summed E-state index contributed by atoms with van der Waals surface area (Å²) in [5.41, 5.74) is 2.53. The molecule has 3 rings (SSSR count). The monoisotopic (exact) mass is 310 g/mol. The van der Waals surface area contributed by atoms with Crippen molar-refractivity contribution in [1.82, 2.24) is 4.90 Å². The molecule has 122 valence electrons. The first-order valence-corrected chi connectivity index (χ1v) is 8.54. The Morgan fingerprint density at radius 1 is 1.00 bits per heavy atom. The largest absolute Gasteiger partial charge is 0.396 e. The van der Waals surface area contributed by atoms with Crippen LogP contribution in [0.2, 0.25) is 0 Å². The van der Waals surface area contributed by atoms with E-state index in [4.69, 9.17) is 0 Å². The molecule has 1 unspecified atom stereocenters. The van der Waals surface area contributed by atoms with E-state index in [0.717, 1.165) is 38.2 Å². The van der Waals surface area contributed by atoms with Gasteiger partial charge in [0, 0.05) is 43.9 Å². The van der Waals surface area contributed by atoms with E-state index in [0.29, 0.717) is 12.0 Å².